The van der Waals surface area contributed by atoms with E-state index in [1.807, 2.05) is 0 Å². The SMILES string of the molecule is CCCC1CCC(C2CCC(C(F)(F)OC3CCC(OC(=O)C(F)(F)C(F)(F)F)CC3)CC2)CC1. The van der Waals surface area contributed by atoms with Crippen LogP contribution in [0.25, 0.3) is 0 Å². The van der Waals surface area contributed by atoms with Gasteiger partial charge in [-0.15, -0.1) is 0 Å². The molecular formula is C25H37F7O3. The van der Waals surface area contributed by atoms with E-state index in [2.05, 4.69) is 11.7 Å². The fourth-order valence-electron chi connectivity index (χ4n) is 6.21. The lowest BCUT2D eigenvalue weighted by Gasteiger charge is -2.40. The molecule has 3 saturated carbocycles. The summed E-state index contributed by atoms with van der Waals surface area (Å²) in [7, 11) is 0. The van der Waals surface area contributed by atoms with Gasteiger partial charge in [0.1, 0.15) is 6.10 Å². The van der Waals surface area contributed by atoms with Crippen LogP contribution in [-0.4, -0.2) is 36.4 Å². The molecule has 0 aromatic carbocycles. The Balaban J connectivity index is 1.39. The zero-order chi connectivity index (χ0) is 25.9. The van der Waals surface area contributed by atoms with Crippen molar-refractivity contribution in [3.05, 3.63) is 0 Å². The van der Waals surface area contributed by atoms with E-state index in [4.69, 9.17) is 4.74 Å². The highest BCUT2D eigenvalue weighted by Crippen LogP contribution is 2.46. The van der Waals surface area contributed by atoms with Gasteiger partial charge < -0.3 is 9.47 Å². The highest BCUT2D eigenvalue weighted by molar-refractivity contribution is 5.78. The highest BCUT2D eigenvalue weighted by atomic mass is 19.4. The predicted molar refractivity (Wildman–Crippen MR) is 115 cm³/mol. The second-order valence-electron chi connectivity index (χ2n) is 10.7. The van der Waals surface area contributed by atoms with Crippen molar-refractivity contribution in [3.63, 3.8) is 0 Å². The molecule has 3 nitrogen and oxygen atoms in total. The lowest BCUT2D eigenvalue weighted by molar-refractivity contribution is -0.304. The average Bonchev–Trinajstić information content (AvgIpc) is 2.80. The molecule has 3 rings (SSSR count). The molecule has 0 N–H and O–H groups in total. The maximum Gasteiger partial charge on any atom is 0.465 e. The second-order valence-corrected chi connectivity index (χ2v) is 10.7. The Hall–Kier alpha value is -1.06. The lowest BCUT2D eigenvalue weighted by atomic mass is 9.68. The summed E-state index contributed by atoms with van der Waals surface area (Å²) < 4.78 is 102. The predicted octanol–water partition coefficient (Wildman–Crippen LogP) is 8.06. The minimum absolute atomic E-state index is 0.00146. The van der Waals surface area contributed by atoms with Gasteiger partial charge in [-0.25, -0.2) is 4.79 Å². The van der Waals surface area contributed by atoms with Crippen LogP contribution in [0.15, 0.2) is 0 Å². The normalized spacial score (nSPS) is 33.4. The van der Waals surface area contributed by atoms with Gasteiger partial charge in [0.15, 0.2) is 0 Å². The summed E-state index contributed by atoms with van der Waals surface area (Å²) in [4.78, 5) is 11.2. The molecular weight excluding hydrogens is 481 g/mol. The molecule has 3 aliphatic rings. The third-order valence-electron chi connectivity index (χ3n) is 8.33. The third kappa shape index (κ3) is 7.25. The molecule has 0 heterocycles. The summed E-state index contributed by atoms with van der Waals surface area (Å²) >= 11 is 0. The van der Waals surface area contributed by atoms with E-state index in [9.17, 15) is 35.5 Å². The van der Waals surface area contributed by atoms with Crippen molar-refractivity contribution in [2.24, 2.45) is 23.7 Å². The molecule has 0 radical (unpaired) electrons. The molecule has 0 atom stereocenters. The van der Waals surface area contributed by atoms with Crippen LogP contribution in [0.2, 0.25) is 0 Å². The van der Waals surface area contributed by atoms with Crippen LogP contribution < -0.4 is 0 Å². The minimum Gasteiger partial charge on any atom is -0.458 e. The molecule has 0 aromatic heterocycles. The van der Waals surface area contributed by atoms with E-state index in [0.717, 1.165) is 18.8 Å². The molecule has 0 bridgehead atoms. The molecule has 0 aliphatic heterocycles. The minimum atomic E-state index is -6.04. The monoisotopic (exact) mass is 518 g/mol. The highest BCUT2D eigenvalue weighted by Gasteiger charge is 2.65. The maximum atomic E-state index is 14.9. The van der Waals surface area contributed by atoms with Crippen LogP contribution in [0.3, 0.4) is 0 Å². The number of alkyl halides is 7. The number of hydrogen-bond donors (Lipinski definition) is 0. The zero-order valence-corrected chi connectivity index (χ0v) is 20.2. The van der Waals surface area contributed by atoms with E-state index in [-0.39, 0.29) is 25.7 Å². The standard InChI is InChI=1S/C25H37F7O3/c1-2-3-16-4-6-17(7-5-16)18-8-10-19(11-9-18)24(28,29)35-21-14-12-20(13-15-21)34-22(33)23(26,27)25(30,31)32/h16-21H,2-15H2,1H3. The summed E-state index contributed by atoms with van der Waals surface area (Å²) in [6.07, 6.45) is -1.93. The number of carbonyl (C=O) groups is 1. The second kappa shape index (κ2) is 11.5. The van der Waals surface area contributed by atoms with Crippen LogP contribution in [0.4, 0.5) is 30.7 Å². The van der Waals surface area contributed by atoms with Crippen molar-refractivity contribution >= 4 is 5.97 Å². The van der Waals surface area contributed by atoms with Crippen LogP contribution in [0.1, 0.15) is 96.8 Å². The van der Waals surface area contributed by atoms with Gasteiger partial charge in [0.25, 0.3) is 0 Å². The average molecular weight is 519 g/mol. The third-order valence-corrected chi connectivity index (χ3v) is 8.33. The largest absolute Gasteiger partial charge is 0.465 e. The van der Waals surface area contributed by atoms with E-state index in [0.29, 0.717) is 24.7 Å². The van der Waals surface area contributed by atoms with Gasteiger partial charge in [-0.3, -0.25) is 0 Å². The Morgan fingerprint density at radius 3 is 1.69 bits per heavy atom. The first-order valence-electron chi connectivity index (χ1n) is 13.0. The molecule has 3 fully saturated rings. The smallest absolute Gasteiger partial charge is 0.458 e. The first-order chi connectivity index (χ1) is 16.3. The topological polar surface area (TPSA) is 35.5 Å². The molecule has 10 heteroatoms. The number of esters is 1. The Kier molecular flexibility index (Phi) is 9.41. The Bertz CT molecular complexity index is 673. The summed E-state index contributed by atoms with van der Waals surface area (Å²) in [6.45, 7) is 2.20. The van der Waals surface area contributed by atoms with Crippen molar-refractivity contribution in [3.8, 4) is 0 Å². The van der Waals surface area contributed by atoms with Crippen molar-refractivity contribution in [1.29, 1.82) is 0 Å². The van der Waals surface area contributed by atoms with Crippen molar-refractivity contribution in [1.82, 2.24) is 0 Å². The molecule has 0 amide bonds. The van der Waals surface area contributed by atoms with Crippen molar-refractivity contribution in [2.75, 3.05) is 0 Å². The molecule has 0 aromatic rings. The molecule has 204 valence electrons. The van der Waals surface area contributed by atoms with Gasteiger partial charge >= 0.3 is 24.2 Å². The molecule has 0 unspecified atom stereocenters. The maximum absolute atomic E-state index is 14.9. The number of rotatable bonds is 8. The van der Waals surface area contributed by atoms with Crippen molar-refractivity contribution in [2.45, 2.75) is 127 Å². The fraction of sp³-hybridized carbons (Fsp3) is 0.960. The van der Waals surface area contributed by atoms with Gasteiger partial charge in [0, 0.05) is 0 Å². The zero-order valence-electron chi connectivity index (χ0n) is 20.2. The number of ether oxygens (including phenoxy) is 2. The van der Waals surface area contributed by atoms with Crippen LogP contribution in [0.5, 0.6) is 0 Å². The molecule has 3 aliphatic carbocycles. The molecule has 0 spiro atoms. The molecule has 35 heavy (non-hydrogen) atoms. The van der Waals surface area contributed by atoms with Gasteiger partial charge in [-0.05, 0) is 82.0 Å². The molecule has 0 saturated heterocycles. The van der Waals surface area contributed by atoms with E-state index < -0.39 is 42.3 Å². The Morgan fingerprint density at radius 1 is 0.714 bits per heavy atom. The summed E-state index contributed by atoms with van der Waals surface area (Å²) in [5, 5.41) is 0. The van der Waals surface area contributed by atoms with Crippen LogP contribution in [0, 0.1) is 23.7 Å². The van der Waals surface area contributed by atoms with Gasteiger partial charge in [-0.2, -0.15) is 30.7 Å². The summed E-state index contributed by atoms with van der Waals surface area (Å²) in [5.41, 5.74) is 0. The van der Waals surface area contributed by atoms with Gasteiger partial charge in [-0.1, -0.05) is 32.6 Å². The number of hydrogen-bond acceptors (Lipinski definition) is 3. The van der Waals surface area contributed by atoms with Gasteiger partial charge in [0.05, 0.1) is 12.0 Å². The first kappa shape index (κ1) is 28.5. The number of carbonyl (C=O) groups excluding carboxylic acids is 1. The van der Waals surface area contributed by atoms with Crippen LogP contribution in [-0.2, 0) is 14.3 Å². The Morgan fingerprint density at radius 2 is 1.20 bits per heavy atom. The summed E-state index contributed by atoms with van der Waals surface area (Å²) in [5.74, 6) is -7.20. The quantitative estimate of drug-likeness (QED) is 0.241. The Labute approximate surface area is 202 Å². The van der Waals surface area contributed by atoms with Crippen molar-refractivity contribution < 1.29 is 45.0 Å². The van der Waals surface area contributed by atoms with Crippen LogP contribution >= 0.6 is 0 Å². The number of halogens is 7. The summed E-state index contributed by atoms with van der Waals surface area (Å²) in [6, 6.07) is 0. The van der Waals surface area contributed by atoms with E-state index >= 15 is 0 Å². The van der Waals surface area contributed by atoms with E-state index in [1.54, 1.807) is 0 Å². The first-order valence-corrected chi connectivity index (χ1v) is 13.0. The van der Waals surface area contributed by atoms with E-state index in [1.165, 1.54) is 38.5 Å². The lowest BCUT2D eigenvalue weighted by Crippen LogP contribution is -2.47. The fourth-order valence-corrected chi connectivity index (χ4v) is 6.21. The van der Waals surface area contributed by atoms with Gasteiger partial charge in [0.2, 0.25) is 0 Å².